The van der Waals surface area contributed by atoms with E-state index in [-0.39, 0.29) is 18.9 Å². The molecule has 5 heteroatoms. The normalized spacial score (nSPS) is 13.6. The third kappa shape index (κ3) is 5.09. The lowest BCUT2D eigenvalue weighted by Crippen LogP contribution is -2.44. The average molecular weight is 265 g/mol. The Kier molecular flexibility index (Phi) is 6.02. The van der Waals surface area contributed by atoms with Crippen LogP contribution >= 0.6 is 0 Å². The highest BCUT2D eigenvalue weighted by Gasteiger charge is 2.22. The third-order valence-corrected chi connectivity index (χ3v) is 2.91. The third-order valence-electron chi connectivity index (χ3n) is 2.91. The van der Waals surface area contributed by atoms with Gasteiger partial charge >= 0.3 is 5.97 Å². The summed E-state index contributed by atoms with van der Waals surface area (Å²) < 4.78 is 0. The first-order valence-electron chi connectivity index (χ1n) is 6.22. The number of rotatable bonds is 7. The number of aliphatic hydroxyl groups excluding tert-OH is 1. The highest BCUT2D eigenvalue weighted by atomic mass is 16.4. The number of nitrogens with one attached hydrogen (secondary N) is 1. The lowest BCUT2D eigenvalue weighted by Gasteiger charge is -2.17. The minimum atomic E-state index is -1.06. The fraction of sp³-hybridized carbons (Fsp3) is 0.429. The Morgan fingerprint density at radius 1 is 1.26 bits per heavy atom. The van der Waals surface area contributed by atoms with E-state index in [0.717, 1.165) is 5.56 Å². The summed E-state index contributed by atoms with van der Waals surface area (Å²) in [5.41, 5.74) is 0.852. The molecule has 1 unspecified atom stereocenters. The van der Waals surface area contributed by atoms with Crippen molar-refractivity contribution >= 4 is 11.9 Å². The predicted molar refractivity (Wildman–Crippen MR) is 70.6 cm³/mol. The van der Waals surface area contributed by atoms with Crippen LogP contribution in [-0.4, -0.2) is 34.7 Å². The zero-order valence-electron chi connectivity index (χ0n) is 10.9. The lowest BCUT2D eigenvalue weighted by atomic mass is 10.0. The summed E-state index contributed by atoms with van der Waals surface area (Å²) >= 11 is 0. The van der Waals surface area contributed by atoms with Crippen molar-refractivity contribution in [2.75, 3.05) is 6.61 Å². The van der Waals surface area contributed by atoms with Gasteiger partial charge in [-0.1, -0.05) is 37.3 Å². The molecule has 1 amide bonds. The van der Waals surface area contributed by atoms with Crippen LogP contribution in [0.15, 0.2) is 30.3 Å². The molecule has 0 saturated carbocycles. The van der Waals surface area contributed by atoms with Crippen molar-refractivity contribution < 1.29 is 19.8 Å². The van der Waals surface area contributed by atoms with Gasteiger partial charge < -0.3 is 15.5 Å². The maximum atomic E-state index is 11.8. The van der Waals surface area contributed by atoms with Crippen LogP contribution in [0.5, 0.6) is 0 Å². The molecule has 3 N–H and O–H groups in total. The van der Waals surface area contributed by atoms with Crippen LogP contribution in [-0.2, 0) is 16.0 Å². The van der Waals surface area contributed by atoms with Crippen molar-refractivity contribution in [3.63, 3.8) is 0 Å². The Bertz CT molecular complexity index is 419. The molecule has 5 nitrogen and oxygen atoms in total. The van der Waals surface area contributed by atoms with E-state index >= 15 is 0 Å². The second kappa shape index (κ2) is 7.53. The van der Waals surface area contributed by atoms with Gasteiger partial charge in [0.2, 0.25) is 5.91 Å². The maximum absolute atomic E-state index is 11.8. The zero-order chi connectivity index (χ0) is 14.3. The molecular weight excluding hydrogens is 246 g/mol. The van der Waals surface area contributed by atoms with Gasteiger partial charge in [0, 0.05) is 18.9 Å². The minimum Gasteiger partial charge on any atom is -0.480 e. The lowest BCUT2D eigenvalue weighted by molar-refractivity contribution is -0.142. The molecule has 0 aromatic heterocycles. The summed E-state index contributed by atoms with van der Waals surface area (Å²) in [5, 5.41) is 20.4. The summed E-state index contributed by atoms with van der Waals surface area (Å²) in [7, 11) is 0. The molecule has 1 aromatic rings. The number of aliphatic carboxylic acids is 1. The van der Waals surface area contributed by atoms with Gasteiger partial charge in [0.05, 0.1) is 0 Å². The minimum absolute atomic E-state index is 0.0923. The number of amides is 1. The summed E-state index contributed by atoms with van der Waals surface area (Å²) in [6, 6.07) is 8.19. The molecule has 0 fully saturated rings. The monoisotopic (exact) mass is 265 g/mol. The van der Waals surface area contributed by atoms with E-state index in [9.17, 15) is 9.59 Å². The topological polar surface area (TPSA) is 86.6 Å². The van der Waals surface area contributed by atoms with Gasteiger partial charge in [-0.15, -0.1) is 0 Å². The van der Waals surface area contributed by atoms with E-state index < -0.39 is 17.9 Å². The van der Waals surface area contributed by atoms with Gasteiger partial charge in [-0.3, -0.25) is 4.79 Å². The molecule has 0 aliphatic heterocycles. The number of hydrogen-bond donors (Lipinski definition) is 3. The number of carbonyl (C=O) groups is 2. The molecule has 0 bridgehead atoms. The Morgan fingerprint density at radius 3 is 2.42 bits per heavy atom. The van der Waals surface area contributed by atoms with E-state index in [1.807, 2.05) is 30.3 Å². The number of aliphatic hydroxyl groups is 1. The van der Waals surface area contributed by atoms with Crippen LogP contribution in [0.25, 0.3) is 0 Å². The first-order chi connectivity index (χ1) is 9.04. The maximum Gasteiger partial charge on any atom is 0.326 e. The van der Waals surface area contributed by atoms with Crippen molar-refractivity contribution in [2.45, 2.75) is 25.8 Å². The fourth-order valence-electron chi connectivity index (χ4n) is 1.69. The van der Waals surface area contributed by atoms with Crippen molar-refractivity contribution in [3.8, 4) is 0 Å². The molecule has 104 valence electrons. The molecule has 0 aliphatic rings. The van der Waals surface area contributed by atoms with Gasteiger partial charge in [0.15, 0.2) is 0 Å². The van der Waals surface area contributed by atoms with Gasteiger partial charge in [0.1, 0.15) is 6.04 Å². The standard InChI is InChI=1S/C14H19NO4/c1-10(7-8-16)13(17)15-12(14(18)19)9-11-5-3-2-4-6-11/h2-6,10,12,16H,7-9H2,1H3,(H,15,17)(H,18,19)/t10?,12-/m1/s1. The van der Waals surface area contributed by atoms with Gasteiger partial charge in [-0.05, 0) is 12.0 Å². The highest BCUT2D eigenvalue weighted by Crippen LogP contribution is 2.06. The molecule has 0 radical (unpaired) electrons. The molecule has 0 aliphatic carbocycles. The van der Waals surface area contributed by atoms with Crippen LogP contribution in [0.2, 0.25) is 0 Å². The molecule has 0 spiro atoms. The van der Waals surface area contributed by atoms with Gasteiger partial charge in [0.25, 0.3) is 0 Å². The van der Waals surface area contributed by atoms with Crippen LogP contribution in [0.3, 0.4) is 0 Å². The molecule has 2 atom stereocenters. The predicted octanol–water partition coefficient (Wildman–Crippen LogP) is 0.817. The van der Waals surface area contributed by atoms with Gasteiger partial charge in [-0.25, -0.2) is 4.79 Å². The van der Waals surface area contributed by atoms with Crippen LogP contribution in [0.4, 0.5) is 0 Å². The number of carbonyl (C=O) groups excluding carboxylic acids is 1. The SMILES string of the molecule is CC(CCO)C(=O)N[C@H](Cc1ccccc1)C(=O)O. The summed E-state index contributed by atoms with van der Waals surface area (Å²) in [5.74, 6) is -1.81. The van der Waals surface area contributed by atoms with E-state index in [1.54, 1.807) is 6.92 Å². The summed E-state index contributed by atoms with van der Waals surface area (Å²) in [6.07, 6.45) is 0.567. The van der Waals surface area contributed by atoms with Crippen LogP contribution < -0.4 is 5.32 Å². The summed E-state index contributed by atoms with van der Waals surface area (Å²) in [4.78, 5) is 22.9. The average Bonchev–Trinajstić information content (AvgIpc) is 2.39. The second-order valence-electron chi connectivity index (χ2n) is 4.50. The van der Waals surface area contributed by atoms with Crippen molar-refractivity contribution in [1.29, 1.82) is 0 Å². The zero-order valence-corrected chi connectivity index (χ0v) is 10.9. The molecule has 19 heavy (non-hydrogen) atoms. The Labute approximate surface area is 112 Å². The highest BCUT2D eigenvalue weighted by molar-refractivity contribution is 5.84. The number of hydrogen-bond acceptors (Lipinski definition) is 3. The quantitative estimate of drug-likeness (QED) is 0.681. The molecular formula is C14H19NO4. The van der Waals surface area contributed by atoms with E-state index in [2.05, 4.69) is 5.32 Å². The Hall–Kier alpha value is -1.88. The Balaban J connectivity index is 2.64. The van der Waals surface area contributed by atoms with E-state index in [1.165, 1.54) is 0 Å². The number of carboxylic acid groups (broad SMARTS) is 1. The first kappa shape index (κ1) is 15.2. The van der Waals surface area contributed by atoms with Crippen LogP contribution in [0.1, 0.15) is 18.9 Å². The fourth-order valence-corrected chi connectivity index (χ4v) is 1.69. The molecule has 0 saturated heterocycles. The number of carboxylic acids is 1. The summed E-state index contributed by atoms with van der Waals surface area (Å²) in [6.45, 7) is 1.57. The van der Waals surface area contributed by atoms with Crippen molar-refractivity contribution in [2.24, 2.45) is 5.92 Å². The molecule has 0 heterocycles. The smallest absolute Gasteiger partial charge is 0.326 e. The number of benzene rings is 1. The van der Waals surface area contributed by atoms with E-state index in [0.29, 0.717) is 6.42 Å². The molecule has 1 rings (SSSR count). The van der Waals surface area contributed by atoms with Crippen LogP contribution in [0, 0.1) is 5.92 Å². The molecule has 1 aromatic carbocycles. The van der Waals surface area contributed by atoms with Crippen molar-refractivity contribution in [1.82, 2.24) is 5.32 Å². The van der Waals surface area contributed by atoms with Gasteiger partial charge in [-0.2, -0.15) is 0 Å². The Morgan fingerprint density at radius 2 is 1.89 bits per heavy atom. The first-order valence-corrected chi connectivity index (χ1v) is 6.22. The largest absolute Gasteiger partial charge is 0.480 e. The van der Waals surface area contributed by atoms with Crippen molar-refractivity contribution in [3.05, 3.63) is 35.9 Å². The second-order valence-corrected chi connectivity index (χ2v) is 4.50. The van der Waals surface area contributed by atoms with E-state index in [4.69, 9.17) is 10.2 Å².